The van der Waals surface area contributed by atoms with Crippen molar-refractivity contribution < 1.29 is 9.15 Å². The largest absolute Gasteiger partial charge is 0.444 e. The Morgan fingerprint density at radius 1 is 1.30 bits per heavy atom. The Labute approximate surface area is 139 Å². The van der Waals surface area contributed by atoms with Crippen LogP contribution in [0.4, 0.5) is 0 Å². The normalized spacial score (nSPS) is 16.0. The van der Waals surface area contributed by atoms with Gasteiger partial charge in [0.05, 0.1) is 11.8 Å². The maximum Gasteiger partial charge on any atom is 0.216 e. The lowest BCUT2D eigenvalue weighted by atomic mass is 10.3. The highest BCUT2D eigenvalue weighted by Gasteiger charge is 2.14. The predicted octanol–water partition coefficient (Wildman–Crippen LogP) is 2.70. The van der Waals surface area contributed by atoms with Crippen molar-refractivity contribution in [3.05, 3.63) is 17.3 Å². The van der Waals surface area contributed by atoms with Crippen molar-refractivity contribution in [1.82, 2.24) is 15.6 Å². The summed E-state index contributed by atoms with van der Waals surface area (Å²) in [5.74, 6) is 2.31. The van der Waals surface area contributed by atoms with Crippen LogP contribution < -0.4 is 10.6 Å². The molecule has 0 aromatic carbocycles. The monoisotopic (exact) mass is 322 g/mol. The molecule has 0 saturated heterocycles. The first-order valence-corrected chi connectivity index (χ1v) is 8.75. The summed E-state index contributed by atoms with van der Waals surface area (Å²) < 4.78 is 11.4. The minimum atomic E-state index is 0.447. The van der Waals surface area contributed by atoms with Crippen molar-refractivity contribution in [3.63, 3.8) is 0 Å². The van der Waals surface area contributed by atoms with Gasteiger partial charge in [0.1, 0.15) is 12.3 Å². The number of aromatic nitrogens is 1. The molecule has 6 nitrogen and oxygen atoms in total. The maximum absolute atomic E-state index is 5.86. The van der Waals surface area contributed by atoms with Gasteiger partial charge in [0, 0.05) is 19.7 Å². The molecule has 0 bridgehead atoms. The number of hydrogen-bond donors (Lipinski definition) is 2. The van der Waals surface area contributed by atoms with E-state index in [-0.39, 0.29) is 0 Å². The molecule has 2 rings (SSSR count). The van der Waals surface area contributed by atoms with Gasteiger partial charge in [-0.1, -0.05) is 12.8 Å². The van der Waals surface area contributed by atoms with Gasteiger partial charge in [-0.3, -0.25) is 0 Å². The first-order valence-electron chi connectivity index (χ1n) is 8.75. The third kappa shape index (κ3) is 6.22. The van der Waals surface area contributed by atoms with Crippen LogP contribution in [-0.4, -0.2) is 36.7 Å². The van der Waals surface area contributed by atoms with Crippen molar-refractivity contribution in [2.45, 2.75) is 65.5 Å². The van der Waals surface area contributed by atoms with Gasteiger partial charge in [0.25, 0.3) is 0 Å². The number of aliphatic imine (C=N–C) groups is 1. The summed E-state index contributed by atoms with van der Waals surface area (Å²) in [5.41, 5.74) is 0.928. The molecule has 0 spiro atoms. The predicted molar refractivity (Wildman–Crippen MR) is 91.6 cm³/mol. The van der Waals surface area contributed by atoms with Crippen LogP contribution in [0.3, 0.4) is 0 Å². The quantitative estimate of drug-likeness (QED) is 0.437. The Balaban J connectivity index is 1.68. The molecular formula is C17H30N4O2. The highest BCUT2D eigenvalue weighted by atomic mass is 16.5. The molecule has 0 unspecified atom stereocenters. The number of ether oxygens (including phenoxy) is 1. The van der Waals surface area contributed by atoms with Crippen molar-refractivity contribution in [3.8, 4) is 0 Å². The minimum Gasteiger partial charge on any atom is -0.444 e. The number of guanidine groups is 1. The molecule has 1 aromatic rings. The van der Waals surface area contributed by atoms with Gasteiger partial charge in [-0.15, -0.1) is 0 Å². The molecule has 130 valence electrons. The number of aryl methyl sites for hydroxylation is 2. The number of nitrogens with one attached hydrogen (secondary N) is 2. The molecule has 1 heterocycles. The minimum absolute atomic E-state index is 0.447. The molecule has 0 radical (unpaired) electrons. The zero-order valence-electron chi connectivity index (χ0n) is 14.7. The Bertz CT molecular complexity index is 473. The molecule has 1 fully saturated rings. The fourth-order valence-corrected chi connectivity index (χ4v) is 2.68. The second kappa shape index (κ2) is 9.55. The smallest absolute Gasteiger partial charge is 0.216 e. The molecule has 0 atom stereocenters. The molecule has 23 heavy (non-hydrogen) atoms. The summed E-state index contributed by atoms with van der Waals surface area (Å²) in [4.78, 5) is 8.86. The van der Waals surface area contributed by atoms with Crippen LogP contribution >= 0.6 is 0 Å². The van der Waals surface area contributed by atoms with Crippen molar-refractivity contribution >= 4 is 5.96 Å². The first-order chi connectivity index (χ1) is 11.2. The van der Waals surface area contributed by atoms with E-state index in [1.165, 1.54) is 25.7 Å². The van der Waals surface area contributed by atoms with E-state index in [1.54, 1.807) is 0 Å². The summed E-state index contributed by atoms with van der Waals surface area (Å²) in [7, 11) is 0. The van der Waals surface area contributed by atoms with Crippen molar-refractivity contribution in [1.29, 1.82) is 0 Å². The summed E-state index contributed by atoms with van der Waals surface area (Å²) >= 11 is 0. The highest BCUT2D eigenvalue weighted by Crippen LogP contribution is 2.20. The molecule has 6 heteroatoms. The fourth-order valence-electron chi connectivity index (χ4n) is 2.68. The van der Waals surface area contributed by atoms with Crippen LogP contribution in [0.15, 0.2) is 9.41 Å². The van der Waals surface area contributed by atoms with E-state index in [1.807, 2.05) is 13.8 Å². The average Bonchev–Trinajstić information content (AvgIpc) is 3.15. The molecule has 1 aromatic heterocycles. The number of rotatable bonds is 8. The third-order valence-electron chi connectivity index (χ3n) is 4.06. The Morgan fingerprint density at radius 3 is 2.74 bits per heavy atom. The molecular weight excluding hydrogens is 292 g/mol. The number of oxazole rings is 1. The Kier molecular flexibility index (Phi) is 7.39. The van der Waals surface area contributed by atoms with Crippen molar-refractivity contribution in [2.75, 3.05) is 19.7 Å². The van der Waals surface area contributed by atoms with E-state index in [4.69, 9.17) is 9.15 Å². The van der Waals surface area contributed by atoms with Crippen LogP contribution in [0.5, 0.6) is 0 Å². The standard InChI is InChI=1S/C17H30N4O2/c1-4-18-17(20-12-16-21-13(2)14(3)23-16)19-10-7-11-22-15-8-5-6-9-15/h15H,4-12H2,1-3H3,(H2,18,19,20). The molecule has 0 aliphatic heterocycles. The summed E-state index contributed by atoms with van der Waals surface area (Å²) in [6, 6.07) is 0. The highest BCUT2D eigenvalue weighted by molar-refractivity contribution is 5.79. The van der Waals surface area contributed by atoms with E-state index < -0.39 is 0 Å². The van der Waals surface area contributed by atoms with E-state index in [2.05, 4.69) is 27.5 Å². The van der Waals surface area contributed by atoms with Gasteiger partial charge >= 0.3 is 0 Å². The zero-order valence-corrected chi connectivity index (χ0v) is 14.7. The van der Waals surface area contributed by atoms with Gasteiger partial charge in [-0.05, 0) is 40.0 Å². The van der Waals surface area contributed by atoms with Crippen LogP contribution in [0.25, 0.3) is 0 Å². The second-order valence-corrected chi connectivity index (χ2v) is 6.00. The van der Waals surface area contributed by atoms with Gasteiger partial charge in [-0.2, -0.15) is 0 Å². The van der Waals surface area contributed by atoms with Gasteiger partial charge in [-0.25, -0.2) is 9.98 Å². The van der Waals surface area contributed by atoms with Crippen molar-refractivity contribution in [2.24, 2.45) is 4.99 Å². The number of hydrogen-bond acceptors (Lipinski definition) is 4. The Morgan fingerprint density at radius 2 is 2.09 bits per heavy atom. The van der Waals surface area contributed by atoms with Crippen LogP contribution in [0.2, 0.25) is 0 Å². The van der Waals surface area contributed by atoms with Crippen LogP contribution in [-0.2, 0) is 11.3 Å². The van der Waals surface area contributed by atoms with Gasteiger partial charge in [0.15, 0.2) is 5.96 Å². The SMILES string of the molecule is CCNC(=NCc1nc(C)c(C)o1)NCCCOC1CCCC1. The molecule has 1 aliphatic carbocycles. The summed E-state index contributed by atoms with van der Waals surface area (Å²) in [6.45, 7) is 8.86. The van der Waals surface area contributed by atoms with E-state index in [0.29, 0.717) is 18.5 Å². The third-order valence-corrected chi connectivity index (χ3v) is 4.06. The molecule has 0 amide bonds. The van der Waals surface area contributed by atoms with E-state index >= 15 is 0 Å². The maximum atomic E-state index is 5.86. The van der Waals surface area contributed by atoms with Gasteiger partial charge in [0.2, 0.25) is 5.89 Å². The summed E-state index contributed by atoms with van der Waals surface area (Å²) in [6.07, 6.45) is 6.57. The Hall–Kier alpha value is -1.56. The average molecular weight is 322 g/mol. The molecule has 2 N–H and O–H groups in total. The zero-order chi connectivity index (χ0) is 16.5. The van der Waals surface area contributed by atoms with Crippen LogP contribution in [0.1, 0.15) is 56.4 Å². The van der Waals surface area contributed by atoms with Gasteiger partial charge < -0.3 is 19.8 Å². The molecule has 1 aliphatic rings. The topological polar surface area (TPSA) is 71.7 Å². The molecule has 1 saturated carbocycles. The first kappa shape index (κ1) is 17.8. The second-order valence-electron chi connectivity index (χ2n) is 6.00. The summed E-state index contributed by atoms with van der Waals surface area (Å²) in [5, 5.41) is 6.56. The van der Waals surface area contributed by atoms with E-state index in [9.17, 15) is 0 Å². The van der Waals surface area contributed by atoms with Crippen LogP contribution in [0, 0.1) is 13.8 Å². The fraction of sp³-hybridized carbons (Fsp3) is 0.765. The lowest BCUT2D eigenvalue weighted by Crippen LogP contribution is -2.38. The number of nitrogens with zero attached hydrogens (tertiary/aromatic N) is 2. The van der Waals surface area contributed by atoms with E-state index in [0.717, 1.165) is 43.5 Å². The lowest BCUT2D eigenvalue weighted by Gasteiger charge is -2.13. The lowest BCUT2D eigenvalue weighted by molar-refractivity contribution is 0.0574.